The highest BCUT2D eigenvalue weighted by Crippen LogP contribution is 2.09. The highest BCUT2D eigenvalue weighted by Gasteiger charge is 2.10. The highest BCUT2D eigenvalue weighted by molar-refractivity contribution is 6.02. The van der Waals surface area contributed by atoms with Crippen LogP contribution in [0.5, 0.6) is 0 Å². The van der Waals surface area contributed by atoms with Crippen LogP contribution in [0.1, 0.15) is 16.1 Å². The number of aromatic carboxylic acids is 1. The van der Waals surface area contributed by atoms with E-state index in [0.717, 1.165) is 0 Å². The smallest absolute Gasteiger partial charge is 0.335 e. The summed E-state index contributed by atoms with van der Waals surface area (Å²) in [4.78, 5) is 14.9. The number of carbonyl (C=O) groups is 1. The molecule has 1 aromatic heterocycles. The van der Waals surface area contributed by atoms with Crippen molar-refractivity contribution in [3.63, 3.8) is 0 Å². The molecule has 0 saturated heterocycles. The van der Waals surface area contributed by atoms with Crippen LogP contribution in [0.15, 0.2) is 47.8 Å². The van der Waals surface area contributed by atoms with Gasteiger partial charge in [-0.25, -0.2) is 9.18 Å². The summed E-state index contributed by atoms with van der Waals surface area (Å²) in [5.41, 5.74) is 1.09. The van der Waals surface area contributed by atoms with Gasteiger partial charge < -0.3 is 15.6 Å². The molecule has 1 heterocycles. The Kier molecular flexibility index (Phi) is 6.27. The second kappa shape index (κ2) is 7.94. The van der Waals surface area contributed by atoms with Crippen LogP contribution in [0, 0.1) is 5.82 Å². The normalized spacial score (nSPS) is 10.7. The lowest BCUT2D eigenvalue weighted by molar-refractivity contribution is 0.0696. The van der Waals surface area contributed by atoms with E-state index >= 15 is 0 Å². The lowest BCUT2D eigenvalue weighted by atomic mass is 10.1. The van der Waals surface area contributed by atoms with Gasteiger partial charge in [0.25, 0.3) is 0 Å². The minimum absolute atomic E-state index is 0. The predicted molar refractivity (Wildman–Crippen MR) is 81.7 cm³/mol. The predicted octanol–water partition coefficient (Wildman–Crippen LogP) is 2.63. The van der Waals surface area contributed by atoms with Gasteiger partial charge in [0.05, 0.1) is 17.8 Å². The zero-order valence-electron chi connectivity index (χ0n) is 11.2. The van der Waals surface area contributed by atoms with Crippen molar-refractivity contribution in [2.45, 2.75) is 0 Å². The van der Waals surface area contributed by atoms with Gasteiger partial charge in [-0.3, -0.25) is 4.98 Å². The Balaban J connectivity index is 0.00000242. The molecule has 0 bridgehead atoms. The highest BCUT2D eigenvalue weighted by atomic mass is 35.5. The lowest BCUT2D eigenvalue weighted by Gasteiger charge is -2.08. The van der Waals surface area contributed by atoms with Crippen LogP contribution in [-0.4, -0.2) is 33.5 Å². The molecule has 8 heteroatoms. The van der Waals surface area contributed by atoms with E-state index in [9.17, 15) is 9.18 Å². The summed E-state index contributed by atoms with van der Waals surface area (Å²) < 4.78 is 12.8. The van der Waals surface area contributed by atoms with Crippen LogP contribution < -0.4 is 5.32 Å². The summed E-state index contributed by atoms with van der Waals surface area (Å²) in [6.07, 6.45) is 1.32. The molecule has 0 unspecified atom stereocenters. The zero-order valence-corrected chi connectivity index (χ0v) is 12.0. The quantitative estimate of drug-likeness (QED) is 0.446. The first-order valence-electron chi connectivity index (χ1n) is 6.00. The van der Waals surface area contributed by atoms with E-state index in [-0.39, 0.29) is 41.7 Å². The molecule has 0 saturated carbocycles. The third-order valence-electron chi connectivity index (χ3n) is 2.73. The molecule has 2 aromatic rings. The Morgan fingerprint density at radius 3 is 2.55 bits per heavy atom. The van der Waals surface area contributed by atoms with Crippen LogP contribution in [0.3, 0.4) is 0 Å². The molecular formula is C14H13ClFN3O3. The van der Waals surface area contributed by atoms with Gasteiger partial charge >= 0.3 is 5.97 Å². The van der Waals surface area contributed by atoms with E-state index in [1.54, 1.807) is 0 Å². The molecular weight excluding hydrogens is 313 g/mol. The van der Waals surface area contributed by atoms with Gasteiger partial charge in [-0.05, 0) is 36.4 Å². The van der Waals surface area contributed by atoms with Crippen LogP contribution in [0.2, 0.25) is 0 Å². The van der Waals surface area contributed by atoms with Gasteiger partial charge in [0.2, 0.25) is 0 Å². The molecule has 0 aliphatic carbocycles. The summed E-state index contributed by atoms with van der Waals surface area (Å²) in [7, 11) is 0. The number of benzene rings is 1. The number of carboxylic acid groups (broad SMARTS) is 1. The molecule has 116 valence electrons. The van der Waals surface area contributed by atoms with Crippen molar-refractivity contribution in [3.05, 3.63) is 59.7 Å². The number of oxime groups is 1. The average Bonchev–Trinajstić information content (AvgIpc) is 2.50. The number of anilines is 1. The van der Waals surface area contributed by atoms with Crippen molar-refractivity contribution in [1.82, 2.24) is 4.98 Å². The number of nitrogens with one attached hydrogen (secondary N) is 1. The van der Waals surface area contributed by atoms with Crippen molar-refractivity contribution in [2.75, 3.05) is 11.9 Å². The van der Waals surface area contributed by atoms with Crippen molar-refractivity contribution in [2.24, 2.45) is 5.16 Å². The van der Waals surface area contributed by atoms with Gasteiger partial charge in [0.15, 0.2) is 0 Å². The maximum absolute atomic E-state index is 12.8. The van der Waals surface area contributed by atoms with E-state index in [0.29, 0.717) is 5.69 Å². The van der Waals surface area contributed by atoms with Gasteiger partial charge in [0, 0.05) is 11.9 Å². The van der Waals surface area contributed by atoms with E-state index in [1.165, 1.54) is 42.6 Å². The average molecular weight is 326 g/mol. The maximum atomic E-state index is 12.8. The molecule has 0 spiro atoms. The summed E-state index contributed by atoms with van der Waals surface area (Å²) in [6, 6.07) is 8.30. The van der Waals surface area contributed by atoms with E-state index in [4.69, 9.17) is 10.3 Å². The number of aromatic nitrogens is 1. The van der Waals surface area contributed by atoms with E-state index < -0.39 is 5.97 Å². The first-order chi connectivity index (χ1) is 10.1. The zero-order chi connectivity index (χ0) is 15.2. The van der Waals surface area contributed by atoms with Crippen molar-refractivity contribution in [3.8, 4) is 0 Å². The topological polar surface area (TPSA) is 94.8 Å². The molecule has 22 heavy (non-hydrogen) atoms. The number of halogens is 2. The summed E-state index contributed by atoms with van der Waals surface area (Å²) in [5.74, 6) is -1.45. The molecule has 3 N–H and O–H groups in total. The SMILES string of the molecule is Cl.O=C(O)c1ccnc(/C(CNc2ccc(F)cc2)=N/O)c1. The summed E-state index contributed by atoms with van der Waals surface area (Å²) in [6.45, 7) is 0.109. The number of carboxylic acids is 1. The van der Waals surface area contributed by atoms with E-state index in [1.807, 2.05) is 0 Å². The maximum Gasteiger partial charge on any atom is 0.335 e. The molecule has 0 aliphatic heterocycles. The lowest BCUT2D eigenvalue weighted by Crippen LogP contribution is -2.17. The Morgan fingerprint density at radius 1 is 1.27 bits per heavy atom. The van der Waals surface area contributed by atoms with Crippen LogP contribution >= 0.6 is 12.4 Å². The standard InChI is InChI=1S/C14H12FN3O3.ClH/c15-10-1-3-11(4-2-10)17-8-13(18-21)12-7-9(14(19)20)5-6-16-12;/h1-7,17,21H,8H2,(H,19,20);1H/b18-13+;. The van der Waals surface area contributed by atoms with Gasteiger partial charge in [0.1, 0.15) is 11.5 Å². The molecule has 0 aliphatic rings. The molecule has 0 amide bonds. The minimum atomic E-state index is -1.09. The minimum Gasteiger partial charge on any atom is -0.478 e. The number of nitrogens with zero attached hydrogens (tertiary/aromatic N) is 2. The molecule has 6 nitrogen and oxygen atoms in total. The number of hydrogen-bond donors (Lipinski definition) is 3. The first kappa shape index (κ1) is 17.4. The summed E-state index contributed by atoms with van der Waals surface area (Å²) >= 11 is 0. The van der Waals surface area contributed by atoms with Crippen LogP contribution in [0.4, 0.5) is 10.1 Å². The van der Waals surface area contributed by atoms with E-state index in [2.05, 4.69) is 15.5 Å². The van der Waals surface area contributed by atoms with Crippen molar-refractivity contribution in [1.29, 1.82) is 0 Å². The fourth-order valence-electron chi connectivity index (χ4n) is 1.65. The Hall–Kier alpha value is -2.67. The number of rotatable bonds is 5. The first-order valence-corrected chi connectivity index (χ1v) is 6.00. The number of hydrogen-bond acceptors (Lipinski definition) is 5. The second-order valence-electron chi connectivity index (χ2n) is 4.14. The van der Waals surface area contributed by atoms with Gasteiger partial charge in [-0.2, -0.15) is 0 Å². The molecule has 2 rings (SSSR count). The van der Waals surface area contributed by atoms with Crippen LogP contribution in [-0.2, 0) is 0 Å². The van der Waals surface area contributed by atoms with Gasteiger partial charge in [-0.1, -0.05) is 5.16 Å². The Bertz CT molecular complexity index is 677. The Morgan fingerprint density at radius 2 is 1.95 bits per heavy atom. The van der Waals surface area contributed by atoms with Crippen molar-refractivity contribution < 1.29 is 19.5 Å². The molecule has 0 radical (unpaired) electrons. The van der Waals surface area contributed by atoms with Crippen LogP contribution in [0.25, 0.3) is 0 Å². The third-order valence-corrected chi connectivity index (χ3v) is 2.73. The monoisotopic (exact) mass is 325 g/mol. The Labute approximate surface area is 131 Å². The number of pyridine rings is 1. The second-order valence-corrected chi connectivity index (χ2v) is 4.14. The largest absolute Gasteiger partial charge is 0.478 e. The summed E-state index contributed by atoms with van der Waals surface area (Å²) in [5, 5.41) is 24.0. The fourth-order valence-corrected chi connectivity index (χ4v) is 1.65. The van der Waals surface area contributed by atoms with Gasteiger partial charge in [-0.15, -0.1) is 12.4 Å². The molecule has 1 aromatic carbocycles. The van der Waals surface area contributed by atoms with Crippen molar-refractivity contribution >= 4 is 29.8 Å². The third kappa shape index (κ3) is 4.42. The molecule has 0 fully saturated rings. The molecule has 0 atom stereocenters. The fraction of sp³-hybridized carbons (Fsp3) is 0.0714.